The van der Waals surface area contributed by atoms with E-state index in [1.165, 1.54) is 0 Å². The van der Waals surface area contributed by atoms with Gasteiger partial charge in [0.1, 0.15) is 0 Å². The molecule has 13 heavy (non-hydrogen) atoms. The van der Waals surface area contributed by atoms with Gasteiger partial charge in [0.05, 0.1) is 18.2 Å². The molecule has 1 aromatic rings. The van der Waals surface area contributed by atoms with Crippen molar-refractivity contribution < 1.29 is 14.7 Å². The first-order valence-electron chi connectivity index (χ1n) is 3.65. The molecule has 1 amide bonds. The first kappa shape index (κ1) is 9.24. The summed E-state index contributed by atoms with van der Waals surface area (Å²) >= 11 is 0. The van der Waals surface area contributed by atoms with Crippen LogP contribution in [-0.4, -0.2) is 27.7 Å². The number of aromatic amines is 1. The molecule has 1 atom stereocenters. The molecule has 1 unspecified atom stereocenters. The Balaban J connectivity index is 2.67. The molecule has 3 N–H and O–H groups in total. The minimum Gasteiger partial charge on any atom is -0.481 e. The van der Waals surface area contributed by atoms with Crippen LogP contribution in [0.3, 0.4) is 0 Å². The van der Waals surface area contributed by atoms with Crippen molar-refractivity contribution in [3.05, 3.63) is 18.0 Å². The Bertz CT molecular complexity index is 283. The van der Waals surface area contributed by atoms with Gasteiger partial charge in [-0.15, -0.1) is 0 Å². The number of hydrogen-bond acceptors (Lipinski definition) is 3. The maximum absolute atomic E-state index is 10.4. The SMILES string of the molecule is O=CNC(CC(=O)O)c1cc[nH]n1. The zero-order valence-corrected chi connectivity index (χ0v) is 6.73. The van der Waals surface area contributed by atoms with Crippen molar-refractivity contribution in [3.8, 4) is 0 Å². The number of hydrogen-bond donors (Lipinski definition) is 3. The van der Waals surface area contributed by atoms with Gasteiger partial charge in [-0.3, -0.25) is 14.7 Å². The number of aliphatic carboxylic acids is 1. The monoisotopic (exact) mass is 183 g/mol. The van der Waals surface area contributed by atoms with Crippen molar-refractivity contribution in [2.45, 2.75) is 12.5 Å². The number of H-pyrrole nitrogens is 1. The molecule has 0 aliphatic rings. The van der Waals surface area contributed by atoms with Crippen LogP contribution in [0.1, 0.15) is 18.2 Å². The molecular weight excluding hydrogens is 174 g/mol. The Morgan fingerprint density at radius 3 is 3.08 bits per heavy atom. The average molecular weight is 183 g/mol. The van der Waals surface area contributed by atoms with Crippen LogP contribution in [0.25, 0.3) is 0 Å². The Hall–Kier alpha value is -1.85. The topological polar surface area (TPSA) is 95.1 Å². The number of nitrogens with zero attached hydrogens (tertiary/aromatic N) is 1. The summed E-state index contributed by atoms with van der Waals surface area (Å²) in [5.41, 5.74) is 0.509. The second-order valence-electron chi connectivity index (χ2n) is 2.43. The Morgan fingerprint density at radius 1 is 1.85 bits per heavy atom. The summed E-state index contributed by atoms with van der Waals surface area (Å²) in [4.78, 5) is 20.5. The van der Waals surface area contributed by atoms with E-state index in [0.29, 0.717) is 12.1 Å². The summed E-state index contributed by atoms with van der Waals surface area (Å²) in [7, 11) is 0. The lowest BCUT2D eigenvalue weighted by Crippen LogP contribution is -2.22. The number of carboxylic acid groups (broad SMARTS) is 1. The highest BCUT2D eigenvalue weighted by atomic mass is 16.4. The van der Waals surface area contributed by atoms with E-state index >= 15 is 0 Å². The fourth-order valence-corrected chi connectivity index (χ4v) is 0.971. The first-order chi connectivity index (χ1) is 6.24. The molecule has 6 heteroatoms. The highest BCUT2D eigenvalue weighted by Gasteiger charge is 2.15. The fourth-order valence-electron chi connectivity index (χ4n) is 0.971. The largest absolute Gasteiger partial charge is 0.481 e. The van der Waals surface area contributed by atoms with Gasteiger partial charge in [-0.1, -0.05) is 0 Å². The second-order valence-corrected chi connectivity index (χ2v) is 2.43. The van der Waals surface area contributed by atoms with Crippen molar-refractivity contribution in [2.24, 2.45) is 0 Å². The van der Waals surface area contributed by atoms with Crippen molar-refractivity contribution in [3.63, 3.8) is 0 Å². The molecule has 0 aliphatic heterocycles. The highest BCUT2D eigenvalue weighted by molar-refractivity contribution is 5.68. The van der Waals surface area contributed by atoms with Crippen LogP contribution in [0.5, 0.6) is 0 Å². The number of carboxylic acids is 1. The lowest BCUT2D eigenvalue weighted by atomic mass is 10.1. The van der Waals surface area contributed by atoms with Gasteiger partial charge in [-0.05, 0) is 6.07 Å². The minimum atomic E-state index is -0.984. The first-order valence-corrected chi connectivity index (χ1v) is 3.65. The average Bonchev–Trinajstić information content (AvgIpc) is 2.54. The third-order valence-electron chi connectivity index (χ3n) is 1.53. The van der Waals surface area contributed by atoms with Gasteiger partial charge < -0.3 is 10.4 Å². The maximum atomic E-state index is 10.4. The molecule has 0 saturated heterocycles. The predicted molar refractivity (Wildman–Crippen MR) is 42.8 cm³/mol. The summed E-state index contributed by atoms with van der Waals surface area (Å²) in [6.07, 6.45) is 1.85. The smallest absolute Gasteiger partial charge is 0.305 e. The van der Waals surface area contributed by atoms with Crippen LogP contribution in [-0.2, 0) is 9.59 Å². The number of carbonyl (C=O) groups is 2. The van der Waals surface area contributed by atoms with Crippen molar-refractivity contribution in [1.82, 2.24) is 15.5 Å². The summed E-state index contributed by atoms with van der Waals surface area (Å²) in [5.74, 6) is -0.984. The van der Waals surface area contributed by atoms with Crippen LogP contribution in [0, 0.1) is 0 Å². The van der Waals surface area contributed by atoms with Gasteiger partial charge in [-0.25, -0.2) is 0 Å². The highest BCUT2D eigenvalue weighted by Crippen LogP contribution is 2.12. The molecule has 1 rings (SSSR count). The van der Waals surface area contributed by atoms with Crippen LogP contribution < -0.4 is 5.32 Å². The van der Waals surface area contributed by atoms with Gasteiger partial charge in [0.15, 0.2) is 0 Å². The lowest BCUT2D eigenvalue weighted by Gasteiger charge is -2.09. The number of nitrogens with one attached hydrogen (secondary N) is 2. The number of rotatable bonds is 5. The number of carbonyl (C=O) groups excluding carboxylic acids is 1. The van der Waals surface area contributed by atoms with Gasteiger partial charge >= 0.3 is 5.97 Å². The molecule has 70 valence electrons. The third kappa shape index (κ3) is 2.58. The molecule has 1 heterocycles. The maximum Gasteiger partial charge on any atom is 0.305 e. The van der Waals surface area contributed by atoms with Crippen LogP contribution >= 0.6 is 0 Å². The Morgan fingerprint density at radius 2 is 2.62 bits per heavy atom. The predicted octanol–water partition coefficient (Wildman–Crippen LogP) is -0.329. The molecule has 0 saturated carbocycles. The standard InChI is InChI=1S/C7H9N3O3/c11-4-8-6(3-7(12)13)5-1-2-9-10-5/h1-2,4,6H,3H2,(H,8,11)(H,9,10)(H,12,13). The zero-order valence-electron chi connectivity index (χ0n) is 6.73. The zero-order chi connectivity index (χ0) is 9.68. The van der Waals surface area contributed by atoms with E-state index in [-0.39, 0.29) is 6.42 Å². The van der Waals surface area contributed by atoms with Crippen LogP contribution in [0.4, 0.5) is 0 Å². The van der Waals surface area contributed by atoms with Crippen molar-refractivity contribution >= 4 is 12.4 Å². The molecule has 0 bridgehead atoms. The molecule has 0 aliphatic carbocycles. The van der Waals surface area contributed by atoms with E-state index in [1.54, 1.807) is 12.3 Å². The summed E-state index contributed by atoms with van der Waals surface area (Å²) in [5, 5.41) is 17.2. The molecule has 0 spiro atoms. The van der Waals surface area contributed by atoms with Gasteiger partial charge in [-0.2, -0.15) is 5.10 Å². The summed E-state index contributed by atoms with van der Waals surface area (Å²) in [6.45, 7) is 0. The van der Waals surface area contributed by atoms with Gasteiger partial charge in [0.25, 0.3) is 0 Å². The number of amides is 1. The minimum absolute atomic E-state index is 0.177. The third-order valence-corrected chi connectivity index (χ3v) is 1.53. The van der Waals surface area contributed by atoms with Gasteiger partial charge in [0, 0.05) is 6.20 Å². The molecular formula is C7H9N3O3. The van der Waals surface area contributed by atoms with E-state index in [1.807, 2.05) is 0 Å². The van der Waals surface area contributed by atoms with E-state index in [9.17, 15) is 9.59 Å². The van der Waals surface area contributed by atoms with E-state index in [4.69, 9.17) is 5.11 Å². The summed E-state index contributed by atoms with van der Waals surface area (Å²) < 4.78 is 0. The van der Waals surface area contributed by atoms with Crippen LogP contribution in [0.2, 0.25) is 0 Å². The summed E-state index contributed by atoms with van der Waals surface area (Å²) in [6, 6.07) is 1.05. The molecule has 0 aromatic carbocycles. The van der Waals surface area contributed by atoms with E-state index in [2.05, 4.69) is 15.5 Å². The lowest BCUT2D eigenvalue weighted by molar-refractivity contribution is -0.137. The Labute approximate surface area is 74.0 Å². The molecule has 1 aromatic heterocycles. The molecule has 0 radical (unpaired) electrons. The van der Waals surface area contributed by atoms with E-state index < -0.39 is 12.0 Å². The fraction of sp³-hybridized carbons (Fsp3) is 0.286. The normalized spacial score (nSPS) is 12.0. The second kappa shape index (κ2) is 4.24. The quantitative estimate of drug-likeness (QED) is 0.545. The van der Waals surface area contributed by atoms with Crippen molar-refractivity contribution in [2.75, 3.05) is 0 Å². The number of aromatic nitrogens is 2. The molecule has 6 nitrogen and oxygen atoms in total. The van der Waals surface area contributed by atoms with E-state index in [0.717, 1.165) is 0 Å². The Kier molecular flexibility index (Phi) is 3.02. The van der Waals surface area contributed by atoms with Crippen molar-refractivity contribution in [1.29, 1.82) is 0 Å². The van der Waals surface area contributed by atoms with Crippen LogP contribution in [0.15, 0.2) is 12.3 Å². The molecule has 0 fully saturated rings. The van der Waals surface area contributed by atoms with Gasteiger partial charge in [0.2, 0.25) is 6.41 Å².